The van der Waals surface area contributed by atoms with Gasteiger partial charge in [-0.05, 0) is 50.8 Å². The molecule has 2 heterocycles. The van der Waals surface area contributed by atoms with E-state index in [2.05, 4.69) is 0 Å². The van der Waals surface area contributed by atoms with E-state index in [1.807, 2.05) is 42.8 Å². The number of benzene rings is 1. The molecule has 2 aromatic rings. The van der Waals surface area contributed by atoms with Gasteiger partial charge in [0.05, 0.1) is 35.2 Å². The highest BCUT2D eigenvalue weighted by atomic mass is 35.5. The summed E-state index contributed by atoms with van der Waals surface area (Å²) in [4.78, 5) is 27.5. The fraction of sp³-hybridized carbons (Fsp3) is 0.500. The Labute approximate surface area is 176 Å². The number of ether oxygens (including phenoxy) is 1. The number of likely N-dealkylation sites (tertiary alicyclic amines) is 1. The minimum absolute atomic E-state index is 0.0547. The second-order valence-electron chi connectivity index (χ2n) is 7.21. The summed E-state index contributed by atoms with van der Waals surface area (Å²) in [6.45, 7) is 7.21. The molecule has 29 heavy (non-hydrogen) atoms. The maximum Gasteiger partial charge on any atom is 0.310 e. The van der Waals surface area contributed by atoms with Crippen molar-refractivity contribution in [3.05, 3.63) is 46.2 Å². The van der Waals surface area contributed by atoms with Crippen LogP contribution in [0.1, 0.15) is 55.4 Å². The molecule has 156 valence electrons. The van der Waals surface area contributed by atoms with Crippen molar-refractivity contribution < 1.29 is 14.3 Å². The summed E-state index contributed by atoms with van der Waals surface area (Å²) < 4.78 is 7.00. The Morgan fingerprint density at radius 2 is 2.03 bits per heavy atom. The monoisotopic (exact) mass is 417 g/mol. The largest absolute Gasteiger partial charge is 0.466 e. The van der Waals surface area contributed by atoms with E-state index in [-0.39, 0.29) is 17.8 Å². The number of carbonyl (C=O) groups excluding carboxylic acids is 2. The van der Waals surface area contributed by atoms with Crippen LogP contribution in [0.3, 0.4) is 0 Å². The smallest absolute Gasteiger partial charge is 0.310 e. The summed E-state index contributed by atoms with van der Waals surface area (Å²) in [6.07, 6.45) is 2.86. The first-order valence-corrected chi connectivity index (χ1v) is 10.7. The minimum atomic E-state index is -0.259. The molecule has 1 aliphatic heterocycles. The molecule has 1 saturated heterocycles. The Bertz CT molecular complexity index is 893. The highest BCUT2D eigenvalue weighted by Gasteiger charge is 2.33. The molecule has 1 aromatic heterocycles. The maximum absolute atomic E-state index is 13.5. The summed E-state index contributed by atoms with van der Waals surface area (Å²) in [7, 11) is 0. The van der Waals surface area contributed by atoms with Gasteiger partial charge >= 0.3 is 5.97 Å². The molecule has 1 fully saturated rings. The number of esters is 1. The first-order valence-electron chi connectivity index (χ1n) is 10.3. The van der Waals surface area contributed by atoms with E-state index in [1.54, 1.807) is 11.8 Å². The van der Waals surface area contributed by atoms with Gasteiger partial charge in [0.1, 0.15) is 0 Å². The van der Waals surface area contributed by atoms with E-state index in [9.17, 15) is 9.59 Å². The van der Waals surface area contributed by atoms with Crippen LogP contribution in [-0.2, 0) is 22.4 Å². The number of nitrogens with zero attached hydrogens (tertiary/aromatic N) is 3. The van der Waals surface area contributed by atoms with Crippen molar-refractivity contribution in [3.8, 4) is 5.69 Å². The lowest BCUT2D eigenvalue weighted by molar-refractivity contribution is -0.149. The van der Waals surface area contributed by atoms with Crippen molar-refractivity contribution in [3.63, 3.8) is 0 Å². The van der Waals surface area contributed by atoms with E-state index >= 15 is 0 Å². The molecule has 1 aromatic carbocycles. The molecule has 1 aliphatic rings. The molecule has 0 bridgehead atoms. The van der Waals surface area contributed by atoms with Crippen LogP contribution in [0.15, 0.2) is 24.3 Å². The number of hydrogen-bond acceptors (Lipinski definition) is 4. The molecule has 7 heteroatoms. The quantitative estimate of drug-likeness (QED) is 0.664. The molecule has 0 saturated carbocycles. The molecule has 1 atom stereocenters. The van der Waals surface area contributed by atoms with Gasteiger partial charge in [0.15, 0.2) is 0 Å². The van der Waals surface area contributed by atoms with Crippen LogP contribution in [0.5, 0.6) is 0 Å². The van der Waals surface area contributed by atoms with Crippen LogP contribution in [-0.4, -0.2) is 46.3 Å². The van der Waals surface area contributed by atoms with Crippen LogP contribution in [0.25, 0.3) is 5.69 Å². The predicted octanol–water partition coefficient (Wildman–Crippen LogP) is 4.07. The number of amides is 1. The molecule has 1 amide bonds. The van der Waals surface area contributed by atoms with Crippen LogP contribution in [0, 0.1) is 5.92 Å². The van der Waals surface area contributed by atoms with Gasteiger partial charge in [-0.1, -0.05) is 31.5 Å². The van der Waals surface area contributed by atoms with Gasteiger partial charge in [0, 0.05) is 18.1 Å². The Kier molecular flexibility index (Phi) is 6.96. The predicted molar refractivity (Wildman–Crippen MR) is 113 cm³/mol. The summed E-state index contributed by atoms with van der Waals surface area (Å²) in [5.74, 6) is -0.530. The number of rotatable bonds is 6. The summed E-state index contributed by atoms with van der Waals surface area (Å²) in [6, 6.07) is 7.47. The first kappa shape index (κ1) is 21.4. The molecule has 0 radical (unpaired) electrons. The minimum Gasteiger partial charge on any atom is -0.466 e. The molecule has 0 unspecified atom stereocenters. The third kappa shape index (κ3) is 4.47. The number of hydrogen-bond donors (Lipinski definition) is 0. The lowest BCUT2D eigenvalue weighted by Gasteiger charge is -2.31. The molecule has 3 rings (SSSR count). The lowest BCUT2D eigenvalue weighted by atomic mass is 9.97. The fourth-order valence-electron chi connectivity index (χ4n) is 3.92. The Hall–Kier alpha value is -2.34. The second kappa shape index (κ2) is 9.44. The third-order valence-electron chi connectivity index (χ3n) is 5.32. The van der Waals surface area contributed by atoms with E-state index in [4.69, 9.17) is 21.4 Å². The molecular formula is C22H28ClN3O3. The highest BCUT2D eigenvalue weighted by Crippen LogP contribution is 2.26. The zero-order chi connectivity index (χ0) is 21.0. The van der Waals surface area contributed by atoms with Gasteiger partial charge < -0.3 is 9.64 Å². The molecular weight excluding hydrogens is 390 g/mol. The normalized spacial score (nSPS) is 16.7. The number of carbonyl (C=O) groups is 2. The van der Waals surface area contributed by atoms with Gasteiger partial charge in [-0.15, -0.1) is 0 Å². The van der Waals surface area contributed by atoms with Gasteiger partial charge in [-0.2, -0.15) is 5.10 Å². The van der Waals surface area contributed by atoms with Crippen molar-refractivity contribution in [2.24, 2.45) is 5.92 Å². The summed E-state index contributed by atoms with van der Waals surface area (Å²) in [5.41, 5.74) is 3.13. The van der Waals surface area contributed by atoms with Gasteiger partial charge in [-0.3, -0.25) is 9.59 Å². The van der Waals surface area contributed by atoms with Crippen LogP contribution in [0.4, 0.5) is 0 Å². The SMILES string of the molecule is CCOC(=O)[C@@H]1CCCN(C(=O)c2c(CC)nn(-c3cccc(Cl)c3)c2CC)C1. The zero-order valence-electron chi connectivity index (χ0n) is 17.3. The molecule has 0 aliphatic carbocycles. The van der Waals surface area contributed by atoms with Gasteiger partial charge in [-0.25, -0.2) is 4.68 Å². The van der Waals surface area contributed by atoms with Crippen LogP contribution >= 0.6 is 11.6 Å². The van der Waals surface area contributed by atoms with Crippen molar-refractivity contribution in [1.82, 2.24) is 14.7 Å². The third-order valence-corrected chi connectivity index (χ3v) is 5.55. The number of aryl methyl sites for hydroxylation is 1. The van der Waals surface area contributed by atoms with Gasteiger partial charge in [0.25, 0.3) is 5.91 Å². The maximum atomic E-state index is 13.5. The van der Waals surface area contributed by atoms with E-state index in [0.717, 1.165) is 29.9 Å². The van der Waals surface area contributed by atoms with Crippen LogP contribution < -0.4 is 0 Å². The Balaban J connectivity index is 1.95. The zero-order valence-corrected chi connectivity index (χ0v) is 18.0. The summed E-state index contributed by atoms with van der Waals surface area (Å²) in [5, 5.41) is 5.35. The number of halogens is 1. The van der Waals surface area contributed by atoms with E-state index in [0.29, 0.717) is 43.1 Å². The fourth-order valence-corrected chi connectivity index (χ4v) is 4.10. The topological polar surface area (TPSA) is 64.4 Å². The lowest BCUT2D eigenvalue weighted by Crippen LogP contribution is -2.43. The number of piperidine rings is 1. The average molecular weight is 418 g/mol. The van der Waals surface area contributed by atoms with E-state index < -0.39 is 0 Å². The summed E-state index contributed by atoms with van der Waals surface area (Å²) >= 11 is 6.17. The highest BCUT2D eigenvalue weighted by molar-refractivity contribution is 6.30. The Morgan fingerprint density at radius 1 is 1.24 bits per heavy atom. The van der Waals surface area contributed by atoms with Crippen LogP contribution in [0.2, 0.25) is 5.02 Å². The van der Waals surface area contributed by atoms with Gasteiger partial charge in [0.2, 0.25) is 0 Å². The van der Waals surface area contributed by atoms with E-state index in [1.165, 1.54) is 0 Å². The Morgan fingerprint density at radius 3 is 2.69 bits per heavy atom. The number of aromatic nitrogens is 2. The standard InChI is InChI=1S/C22H28ClN3O3/c1-4-18-20(19(5-2)26(24-18)17-11-7-10-16(23)13-17)21(27)25-12-8-9-15(14-25)22(28)29-6-3/h7,10-11,13,15H,4-6,8-9,12,14H2,1-3H3/t15-/m1/s1. The first-order chi connectivity index (χ1) is 14.0. The van der Waals surface area contributed by atoms with Crippen molar-refractivity contribution in [2.45, 2.75) is 46.5 Å². The average Bonchev–Trinajstić information content (AvgIpc) is 3.12. The second-order valence-corrected chi connectivity index (χ2v) is 7.65. The van der Waals surface area contributed by atoms with Crippen molar-refractivity contribution in [1.29, 1.82) is 0 Å². The molecule has 6 nitrogen and oxygen atoms in total. The molecule has 0 N–H and O–H groups in total. The van der Waals surface area contributed by atoms with Crippen molar-refractivity contribution in [2.75, 3.05) is 19.7 Å². The molecule has 0 spiro atoms. The van der Waals surface area contributed by atoms with Crippen molar-refractivity contribution >= 4 is 23.5 Å².